The monoisotopic (exact) mass is 1200 g/mol. The van der Waals surface area contributed by atoms with Crippen LogP contribution in [0.15, 0.2) is 311 Å². The van der Waals surface area contributed by atoms with Crippen molar-refractivity contribution in [1.82, 2.24) is 34.5 Å². The van der Waals surface area contributed by atoms with Crippen LogP contribution in [0.4, 0.5) is 0 Å². The third-order valence-electron chi connectivity index (χ3n) is 18.1. The maximum Gasteiger partial charge on any atom is 0.164 e. The zero-order valence-electron chi connectivity index (χ0n) is 50.1. The quantitative estimate of drug-likeness (QED) is 0.132. The van der Waals surface area contributed by atoms with Gasteiger partial charge in [-0.2, -0.15) is 0 Å². The molecule has 0 amide bonds. The average molecular weight is 1200 g/mol. The molecule has 0 aliphatic carbocycles. The maximum absolute atomic E-state index is 6.66. The summed E-state index contributed by atoms with van der Waals surface area (Å²) in [6.45, 7) is 0. The third kappa shape index (κ3) is 8.80. The Morgan fingerprint density at radius 1 is 0.213 bits per heavy atom. The van der Waals surface area contributed by atoms with Crippen molar-refractivity contribution in [3.05, 3.63) is 297 Å². The highest BCUT2D eigenvalue weighted by molar-refractivity contribution is 6.18. The molecule has 0 unspecified atom stereocenters. The predicted octanol–water partition coefficient (Wildman–Crippen LogP) is 21.9. The molecule has 0 aliphatic rings. The maximum atomic E-state index is 6.66. The molecule has 0 saturated heterocycles. The molecule has 0 spiro atoms. The van der Waals surface area contributed by atoms with Crippen LogP contribution in [0.25, 0.3) is 195 Å². The largest absolute Gasteiger partial charge is 0.456 e. The van der Waals surface area contributed by atoms with Crippen molar-refractivity contribution >= 4 is 87.6 Å². The lowest BCUT2D eigenvalue weighted by molar-refractivity contribution is 0.668. The fourth-order valence-corrected chi connectivity index (χ4v) is 13.7. The standard InChI is InChI=1S/C84H49N7O3/c1-5-18-51(19-6-1)79-85-80(52-20-7-2-8-21-52)88-83(87-79)66-30-17-33-74-77(66)68-47-58(41-45-72(68)93-74)60-27-15-28-64-61-42-38-56(48-69(61)91(78(60)64)59-24-11-4-12-25-59)50-34-36-54(37-35-50)82-86-81(53-22-9-3-10-23-53)89-84(90-82)65-29-16-32-73-76(65)67-46-55(40-44-71(67)92-73)57-39-43-63-62-26-13-14-31-70(62)94-75(63)49-57/h1-49H. The molecule has 0 aliphatic heterocycles. The molecule has 19 aromatic rings. The number of furan rings is 3. The van der Waals surface area contributed by atoms with Crippen molar-refractivity contribution in [3.8, 4) is 107 Å². The molecule has 0 bridgehead atoms. The van der Waals surface area contributed by atoms with Gasteiger partial charge in [0.15, 0.2) is 34.9 Å². The lowest BCUT2D eigenvalue weighted by Crippen LogP contribution is -2.00. The van der Waals surface area contributed by atoms with E-state index < -0.39 is 0 Å². The lowest BCUT2D eigenvalue weighted by atomic mass is 9.98. The third-order valence-corrected chi connectivity index (χ3v) is 18.1. The van der Waals surface area contributed by atoms with Gasteiger partial charge in [-0.15, -0.1) is 0 Å². The molecular formula is C84H49N7O3. The Balaban J connectivity index is 0.709. The summed E-state index contributed by atoms with van der Waals surface area (Å²) in [5, 5.41) is 8.28. The van der Waals surface area contributed by atoms with Crippen LogP contribution in [0.5, 0.6) is 0 Å². The van der Waals surface area contributed by atoms with Crippen LogP contribution >= 0.6 is 0 Å². The summed E-state index contributed by atoms with van der Waals surface area (Å²) in [5.74, 6) is 3.45. The second kappa shape index (κ2) is 21.4. The van der Waals surface area contributed by atoms with Gasteiger partial charge in [0.2, 0.25) is 0 Å². The van der Waals surface area contributed by atoms with E-state index in [1.165, 1.54) is 0 Å². The normalized spacial score (nSPS) is 11.8. The average Bonchev–Trinajstić information content (AvgIpc) is 1.57. The van der Waals surface area contributed by atoms with Crippen molar-refractivity contribution in [3.63, 3.8) is 0 Å². The van der Waals surface area contributed by atoms with E-state index >= 15 is 0 Å². The van der Waals surface area contributed by atoms with Gasteiger partial charge in [0.25, 0.3) is 0 Å². The summed E-state index contributed by atoms with van der Waals surface area (Å²) in [5.41, 5.74) is 19.6. The second-order valence-corrected chi connectivity index (χ2v) is 23.7. The molecule has 0 radical (unpaired) electrons. The van der Waals surface area contributed by atoms with Crippen LogP contribution in [-0.2, 0) is 0 Å². The van der Waals surface area contributed by atoms with Gasteiger partial charge < -0.3 is 17.8 Å². The molecule has 10 heteroatoms. The van der Waals surface area contributed by atoms with E-state index in [1.54, 1.807) is 0 Å². The van der Waals surface area contributed by atoms with E-state index in [1.807, 2.05) is 140 Å². The van der Waals surface area contributed by atoms with Crippen molar-refractivity contribution in [2.75, 3.05) is 0 Å². The Bertz CT molecular complexity index is 6160. The van der Waals surface area contributed by atoms with Gasteiger partial charge in [0.1, 0.15) is 33.5 Å². The van der Waals surface area contributed by atoms with Gasteiger partial charge in [0.05, 0.1) is 11.0 Å². The molecule has 6 aromatic heterocycles. The Hall–Kier alpha value is -12.9. The Kier molecular flexibility index (Phi) is 12.0. The molecule has 6 heterocycles. The van der Waals surface area contributed by atoms with Crippen LogP contribution in [0.2, 0.25) is 0 Å². The number of hydrogen-bond acceptors (Lipinski definition) is 9. The van der Waals surface area contributed by atoms with Gasteiger partial charge in [-0.25, -0.2) is 29.9 Å². The Morgan fingerprint density at radius 3 is 1.19 bits per heavy atom. The number of benzene rings is 13. The molecule has 0 saturated carbocycles. The number of fused-ring (bicyclic) bond motifs is 12. The predicted molar refractivity (Wildman–Crippen MR) is 378 cm³/mol. The number of rotatable bonds is 10. The molecule has 13 aromatic carbocycles. The first-order valence-corrected chi connectivity index (χ1v) is 31.3. The Labute approximate surface area is 537 Å². The molecule has 0 atom stereocenters. The summed E-state index contributed by atoms with van der Waals surface area (Å²) in [7, 11) is 0. The summed E-state index contributed by atoms with van der Waals surface area (Å²) < 4.78 is 22.0. The van der Waals surface area contributed by atoms with Gasteiger partial charge >= 0.3 is 0 Å². The molecule has 438 valence electrons. The van der Waals surface area contributed by atoms with Gasteiger partial charge in [-0.3, -0.25) is 0 Å². The Morgan fingerprint density at radius 2 is 0.596 bits per heavy atom. The van der Waals surface area contributed by atoms with E-state index in [0.717, 1.165) is 160 Å². The van der Waals surface area contributed by atoms with Crippen LogP contribution in [-0.4, -0.2) is 34.5 Å². The van der Waals surface area contributed by atoms with E-state index in [-0.39, 0.29) is 0 Å². The zero-order chi connectivity index (χ0) is 61.8. The van der Waals surface area contributed by atoms with Gasteiger partial charge in [-0.05, 0) is 101 Å². The minimum absolute atomic E-state index is 0.548. The molecule has 0 N–H and O–H groups in total. The van der Waals surface area contributed by atoms with Crippen molar-refractivity contribution < 1.29 is 13.3 Å². The first-order valence-electron chi connectivity index (χ1n) is 31.3. The van der Waals surface area contributed by atoms with Crippen LogP contribution in [0.3, 0.4) is 0 Å². The molecule has 94 heavy (non-hydrogen) atoms. The number of aromatic nitrogens is 7. The van der Waals surface area contributed by atoms with Crippen molar-refractivity contribution in [1.29, 1.82) is 0 Å². The molecular weight excluding hydrogens is 1150 g/mol. The first kappa shape index (κ1) is 53.0. The summed E-state index contributed by atoms with van der Waals surface area (Å²) in [6.07, 6.45) is 0. The van der Waals surface area contributed by atoms with E-state index in [9.17, 15) is 0 Å². The van der Waals surface area contributed by atoms with Crippen molar-refractivity contribution in [2.45, 2.75) is 0 Å². The first-order chi connectivity index (χ1) is 46.5. The minimum Gasteiger partial charge on any atom is -0.456 e. The smallest absolute Gasteiger partial charge is 0.164 e. The summed E-state index contributed by atoms with van der Waals surface area (Å²) in [6, 6.07) is 103. The number of para-hydroxylation sites is 3. The summed E-state index contributed by atoms with van der Waals surface area (Å²) >= 11 is 0. The van der Waals surface area contributed by atoms with E-state index in [2.05, 4.69) is 162 Å². The minimum atomic E-state index is 0.548. The van der Waals surface area contributed by atoms with Crippen LogP contribution in [0.1, 0.15) is 0 Å². The highest BCUT2D eigenvalue weighted by Crippen LogP contribution is 2.45. The van der Waals surface area contributed by atoms with Gasteiger partial charge in [-0.1, -0.05) is 224 Å². The molecule has 0 fully saturated rings. The summed E-state index contributed by atoms with van der Waals surface area (Å²) in [4.78, 5) is 31.0. The fraction of sp³-hybridized carbons (Fsp3) is 0. The fourth-order valence-electron chi connectivity index (χ4n) is 13.7. The molecule has 10 nitrogen and oxygen atoms in total. The van der Waals surface area contributed by atoms with Crippen LogP contribution < -0.4 is 0 Å². The second-order valence-electron chi connectivity index (χ2n) is 23.7. The molecule has 19 rings (SSSR count). The van der Waals surface area contributed by atoms with Crippen LogP contribution in [0, 0.1) is 0 Å². The lowest BCUT2D eigenvalue weighted by Gasteiger charge is -2.12. The topological polar surface area (TPSA) is 122 Å². The van der Waals surface area contributed by atoms with E-state index in [0.29, 0.717) is 34.9 Å². The number of nitrogens with zero attached hydrogens (tertiary/aromatic N) is 7. The zero-order valence-corrected chi connectivity index (χ0v) is 50.1. The highest BCUT2D eigenvalue weighted by Gasteiger charge is 2.24. The SMILES string of the molecule is c1ccc(-c2nc(-c3ccc(-c4ccc5c6cccc(-c7ccc8oc9cccc(-c%10nc(-c%11ccccc%11)nc(-c%11ccccc%11)n%10)c9c8c7)c6n(-c6ccccc6)c5c4)cc3)nc(-c3cccc4oc5ccc(-c6ccc7c(c6)oc6ccccc67)cc5c34)n2)cc1. The van der Waals surface area contributed by atoms with Crippen molar-refractivity contribution in [2.24, 2.45) is 0 Å². The highest BCUT2D eigenvalue weighted by atomic mass is 16.3. The number of hydrogen-bond donors (Lipinski definition) is 0. The van der Waals surface area contributed by atoms with E-state index in [4.69, 9.17) is 43.2 Å². The van der Waals surface area contributed by atoms with Gasteiger partial charge in [0, 0.05) is 87.7 Å².